The van der Waals surface area contributed by atoms with E-state index in [-0.39, 0.29) is 50.4 Å². The van der Waals surface area contributed by atoms with Gasteiger partial charge in [0.1, 0.15) is 23.9 Å². The van der Waals surface area contributed by atoms with E-state index >= 15 is 0 Å². The van der Waals surface area contributed by atoms with Crippen LogP contribution in [0.3, 0.4) is 0 Å². The van der Waals surface area contributed by atoms with E-state index < -0.39 is 0 Å². The first-order chi connectivity index (χ1) is 16.0. The van der Waals surface area contributed by atoms with Crippen molar-refractivity contribution in [3.05, 3.63) is 89.6 Å². The molecule has 174 valence electrons. The van der Waals surface area contributed by atoms with Crippen molar-refractivity contribution in [1.29, 1.82) is 0 Å². The molecule has 0 spiro atoms. The number of carbonyl (C=O) groups excluding carboxylic acids is 2. The fraction of sp³-hybridized carbons (Fsp3) is 0.280. The molecule has 0 unspecified atom stereocenters. The second kappa shape index (κ2) is 11.8. The maximum atomic E-state index is 13.3. The molecule has 2 amide bonds. The third kappa shape index (κ3) is 6.92. The van der Waals surface area contributed by atoms with E-state index in [1.165, 1.54) is 30.4 Å². The SMILES string of the molecule is COCCN(CC(=O)N(Cc1ccc(F)cc1)Cc1ccco1)C(=O)c1ccc(OC)cc1. The number of nitrogens with zero attached hydrogens (tertiary/aromatic N) is 2. The summed E-state index contributed by atoms with van der Waals surface area (Å²) >= 11 is 0. The Morgan fingerprint density at radius 2 is 1.67 bits per heavy atom. The molecule has 0 aliphatic carbocycles. The van der Waals surface area contributed by atoms with Crippen molar-refractivity contribution in [3.63, 3.8) is 0 Å². The molecule has 0 saturated carbocycles. The van der Waals surface area contributed by atoms with Crippen LogP contribution >= 0.6 is 0 Å². The fourth-order valence-corrected chi connectivity index (χ4v) is 3.27. The number of benzene rings is 2. The Bertz CT molecular complexity index is 1020. The molecule has 0 N–H and O–H groups in total. The van der Waals surface area contributed by atoms with Crippen molar-refractivity contribution in [2.45, 2.75) is 13.1 Å². The van der Waals surface area contributed by atoms with E-state index in [1.54, 1.807) is 60.5 Å². The molecule has 0 bridgehead atoms. The zero-order valence-electron chi connectivity index (χ0n) is 18.7. The normalized spacial score (nSPS) is 10.6. The number of amides is 2. The molecule has 1 heterocycles. The largest absolute Gasteiger partial charge is 0.497 e. The van der Waals surface area contributed by atoms with Crippen LogP contribution < -0.4 is 4.74 Å². The maximum Gasteiger partial charge on any atom is 0.254 e. The zero-order valence-corrected chi connectivity index (χ0v) is 18.7. The summed E-state index contributed by atoms with van der Waals surface area (Å²) in [7, 11) is 3.09. The van der Waals surface area contributed by atoms with Crippen LogP contribution in [-0.2, 0) is 22.6 Å². The topological polar surface area (TPSA) is 72.2 Å². The lowest BCUT2D eigenvalue weighted by Crippen LogP contribution is -2.43. The predicted molar refractivity (Wildman–Crippen MR) is 120 cm³/mol. The van der Waals surface area contributed by atoms with Crippen molar-refractivity contribution >= 4 is 11.8 Å². The summed E-state index contributed by atoms with van der Waals surface area (Å²) in [6.45, 7) is 0.854. The van der Waals surface area contributed by atoms with Crippen LogP contribution in [0, 0.1) is 5.82 Å². The van der Waals surface area contributed by atoms with Crippen LogP contribution in [0.5, 0.6) is 5.75 Å². The maximum absolute atomic E-state index is 13.3. The molecule has 33 heavy (non-hydrogen) atoms. The minimum absolute atomic E-state index is 0.143. The van der Waals surface area contributed by atoms with Gasteiger partial charge in [-0.05, 0) is 54.1 Å². The van der Waals surface area contributed by atoms with E-state index in [4.69, 9.17) is 13.9 Å². The smallest absolute Gasteiger partial charge is 0.254 e. The van der Waals surface area contributed by atoms with Crippen LogP contribution in [0.1, 0.15) is 21.7 Å². The summed E-state index contributed by atoms with van der Waals surface area (Å²) < 4.78 is 29.0. The zero-order chi connectivity index (χ0) is 23.6. The molecular weight excluding hydrogens is 427 g/mol. The van der Waals surface area contributed by atoms with E-state index in [2.05, 4.69) is 0 Å². The summed E-state index contributed by atoms with van der Waals surface area (Å²) in [5.74, 6) is 0.334. The van der Waals surface area contributed by atoms with Gasteiger partial charge in [0, 0.05) is 25.8 Å². The van der Waals surface area contributed by atoms with Gasteiger partial charge in [0.2, 0.25) is 5.91 Å². The quantitative estimate of drug-likeness (QED) is 0.441. The lowest BCUT2D eigenvalue weighted by molar-refractivity contribution is -0.133. The number of halogens is 1. The molecule has 0 saturated heterocycles. The Morgan fingerprint density at radius 1 is 0.939 bits per heavy atom. The highest BCUT2D eigenvalue weighted by Gasteiger charge is 2.23. The lowest BCUT2D eigenvalue weighted by atomic mass is 10.1. The molecule has 0 aliphatic rings. The average molecular weight is 454 g/mol. The second-order valence-corrected chi connectivity index (χ2v) is 7.40. The first-order valence-electron chi connectivity index (χ1n) is 10.5. The second-order valence-electron chi connectivity index (χ2n) is 7.40. The molecular formula is C25H27FN2O5. The average Bonchev–Trinajstić information content (AvgIpc) is 3.35. The summed E-state index contributed by atoms with van der Waals surface area (Å²) in [4.78, 5) is 29.5. The minimum atomic E-state index is -0.349. The highest BCUT2D eigenvalue weighted by molar-refractivity contribution is 5.96. The molecule has 1 aromatic heterocycles. The molecule has 2 aromatic carbocycles. The number of rotatable bonds is 11. The van der Waals surface area contributed by atoms with Gasteiger partial charge in [0.25, 0.3) is 5.91 Å². The first-order valence-corrected chi connectivity index (χ1v) is 10.5. The number of hydrogen-bond acceptors (Lipinski definition) is 5. The van der Waals surface area contributed by atoms with Crippen molar-refractivity contribution in [2.75, 3.05) is 33.9 Å². The predicted octanol–water partition coefficient (Wildman–Crippen LogP) is 3.74. The van der Waals surface area contributed by atoms with Crippen LogP contribution in [0.2, 0.25) is 0 Å². The summed E-state index contributed by atoms with van der Waals surface area (Å²) in [6, 6.07) is 16.2. The Labute approximate surface area is 192 Å². The molecule has 3 aromatic rings. The monoisotopic (exact) mass is 454 g/mol. The summed E-state index contributed by atoms with van der Waals surface area (Å²) in [5.41, 5.74) is 1.21. The van der Waals surface area contributed by atoms with Gasteiger partial charge in [0.05, 0.1) is 26.5 Å². The van der Waals surface area contributed by atoms with Gasteiger partial charge in [0.15, 0.2) is 0 Å². The van der Waals surface area contributed by atoms with Gasteiger partial charge in [-0.3, -0.25) is 9.59 Å². The van der Waals surface area contributed by atoms with Gasteiger partial charge in [-0.1, -0.05) is 12.1 Å². The molecule has 0 radical (unpaired) electrons. The van der Waals surface area contributed by atoms with Gasteiger partial charge in [-0.25, -0.2) is 4.39 Å². The van der Waals surface area contributed by atoms with Crippen molar-refractivity contribution < 1.29 is 27.9 Å². The number of ether oxygens (including phenoxy) is 2. The molecule has 3 rings (SSSR count). The minimum Gasteiger partial charge on any atom is -0.497 e. The number of methoxy groups -OCH3 is 2. The van der Waals surface area contributed by atoms with Gasteiger partial charge < -0.3 is 23.7 Å². The highest BCUT2D eigenvalue weighted by atomic mass is 19.1. The van der Waals surface area contributed by atoms with Gasteiger partial charge in [-0.2, -0.15) is 0 Å². The Balaban J connectivity index is 1.78. The fourth-order valence-electron chi connectivity index (χ4n) is 3.27. The Morgan fingerprint density at radius 3 is 2.27 bits per heavy atom. The third-order valence-electron chi connectivity index (χ3n) is 5.08. The number of furan rings is 1. The van der Waals surface area contributed by atoms with E-state index in [1.807, 2.05) is 0 Å². The Hall–Kier alpha value is -3.65. The van der Waals surface area contributed by atoms with E-state index in [0.29, 0.717) is 17.1 Å². The molecule has 0 atom stereocenters. The molecule has 7 nitrogen and oxygen atoms in total. The summed E-state index contributed by atoms with van der Waals surface area (Å²) in [6.07, 6.45) is 1.54. The number of hydrogen-bond donors (Lipinski definition) is 0. The van der Waals surface area contributed by atoms with Crippen molar-refractivity contribution in [1.82, 2.24) is 9.80 Å². The highest BCUT2D eigenvalue weighted by Crippen LogP contribution is 2.15. The molecule has 0 fully saturated rings. The van der Waals surface area contributed by atoms with Crippen LogP contribution in [0.15, 0.2) is 71.3 Å². The van der Waals surface area contributed by atoms with E-state index in [0.717, 1.165) is 5.56 Å². The number of carbonyl (C=O) groups is 2. The molecule has 8 heteroatoms. The standard InChI is InChI=1S/C25H27FN2O5/c1-31-15-13-27(25(30)20-7-11-22(32-2)12-8-20)18-24(29)28(17-23-4-3-14-33-23)16-19-5-9-21(26)10-6-19/h3-12,14H,13,15-18H2,1-2H3. The lowest BCUT2D eigenvalue weighted by Gasteiger charge is -2.27. The van der Waals surface area contributed by atoms with Crippen LogP contribution in [-0.4, -0.2) is 55.5 Å². The first kappa shape index (κ1) is 24.0. The van der Waals surface area contributed by atoms with E-state index in [9.17, 15) is 14.0 Å². The summed E-state index contributed by atoms with van der Waals surface area (Å²) in [5, 5.41) is 0. The Kier molecular flexibility index (Phi) is 8.60. The third-order valence-corrected chi connectivity index (χ3v) is 5.08. The van der Waals surface area contributed by atoms with Crippen LogP contribution in [0.25, 0.3) is 0 Å². The van der Waals surface area contributed by atoms with Crippen molar-refractivity contribution in [2.24, 2.45) is 0 Å². The van der Waals surface area contributed by atoms with Crippen molar-refractivity contribution in [3.8, 4) is 5.75 Å². The van der Waals surface area contributed by atoms with Gasteiger partial charge in [-0.15, -0.1) is 0 Å². The molecule has 0 aliphatic heterocycles. The van der Waals surface area contributed by atoms with Gasteiger partial charge >= 0.3 is 0 Å². The van der Waals surface area contributed by atoms with Crippen LogP contribution in [0.4, 0.5) is 4.39 Å².